The Labute approximate surface area is 125 Å². The van der Waals surface area contributed by atoms with Crippen molar-refractivity contribution in [2.75, 3.05) is 6.67 Å². The second-order valence-corrected chi connectivity index (χ2v) is 6.17. The van der Waals surface area contributed by atoms with Crippen molar-refractivity contribution in [2.24, 2.45) is 0 Å². The van der Waals surface area contributed by atoms with Gasteiger partial charge in [-0.2, -0.15) is 0 Å². The maximum absolute atomic E-state index is 13.0. The summed E-state index contributed by atoms with van der Waals surface area (Å²) in [5.41, 5.74) is -3.12. The highest BCUT2D eigenvalue weighted by atomic mass is 32.2. The number of aliphatic hydroxyl groups excluding tert-OH is 2. The highest BCUT2D eigenvalue weighted by molar-refractivity contribution is 7.99. The second kappa shape index (κ2) is 6.27. The first-order valence-electron chi connectivity index (χ1n) is 6.35. The molecule has 1 heterocycles. The van der Waals surface area contributed by atoms with E-state index in [1.165, 1.54) is 0 Å². The lowest BCUT2D eigenvalue weighted by molar-refractivity contribution is -0.602. The summed E-state index contributed by atoms with van der Waals surface area (Å²) in [5.74, 6) is 0. The number of thioether (sulfide) groups is 1. The zero-order chi connectivity index (χ0) is 15.6. The van der Waals surface area contributed by atoms with E-state index in [4.69, 9.17) is 4.74 Å². The van der Waals surface area contributed by atoms with Crippen molar-refractivity contribution in [1.29, 1.82) is 0 Å². The van der Waals surface area contributed by atoms with E-state index < -0.39 is 40.9 Å². The van der Waals surface area contributed by atoms with Gasteiger partial charge in [-0.1, -0.05) is 30.0 Å². The molecule has 8 heteroatoms. The Balaban J connectivity index is 2.28. The molecule has 6 nitrogen and oxygen atoms in total. The summed E-state index contributed by atoms with van der Waals surface area (Å²) in [5, 5.41) is 31.4. The third kappa shape index (κ3) is 2.89. The standard InChI is InChI=1S/C13H16FNO5S/c1-13(15(18)19)10(16)9(7-14)20-12(11(13)17)21-8-5-3-2-4-6-8/h2-6,9-12,16-17H,7H2,1H3/t9-,10-,11+,12+,13-/m0/s1. The van der Waals surface area contributed by atoms with Crippen LogP contribution in [0.15, 0.2) is 35.2 Å². The number of hydrogen-bond acceptors (Lipinski definition) is 6. The van der Waals surface area contributed by atoms with E-state index in [9.17, 15) is 24.7 Å². The van der Waals surface area contributed by atoms with E-state index in [2.05, 4.69) is 0 Å². The Morgan fingerprint density at radius 3 is 2.52 bits per heavy atom. The first kappa shape index (κ1) is 16.2. The van der Waals surface area contributed by atoms with Crippen LogP contribution in [0.4, 0.5) is 4.39 Å². The van der Waals surface area contributed by atoms with Gasteiger partial charge in [-0.05, 0) is 12.1 Å². The average molecular weight is 317 g/mol. The van der Waals surface area contributed by atoms with Crippen molar-refractivity contribution in [3.63, 3.8) is 0 Å². The lowest BCUT2D eigenvalue weighted by Crippen LogP contribution is -2.68. The smallest absolute Gasteiger partial charge is 0.276 e. The molecule has 2 N–H and O–H groups in total. The lowest BCUT2D eigenvalue weighted by atomic mass is 9.84. The van der Waals surface area contributed by atoms with Gasteiger partial charge in [-0.25, -0.2) is 4.39 Å². The zero-order valence-corrected chi connectivity index (χ0v) is 12.1. The number of rotatable bonds is 4. The minimum absolute atomic E-state index is 0.723. The first-order valence-corrected chi connectivity index (χ1v) is 7.23. The van der Waals surface area contributed by atoms with Gasteiger partial charge in [0.05, 0.1) is 0 Å². The molecular formula is C13H16FNO5S. The summed E-state index contributed by atoms with van der Waals surface area (Å²) >= 11 is 1.06. The van der Waals surface area contributed by atoms with Gasteiger partial charge in [-0.3, -0.25) is 10.1 Å². The Hall–Kier alpha value is -1.22. The van der Waals surface area contributed by atoms with E-state index in [1.54, 1.807) is 30.3 Å². The fourth-order valence-corrected chi connectivity index (χ4v) is 3.40. The van der Waals surface area contributed by atoms with Crippen LogP contribution in [0.25, 0.3) is 0 Å². The third-order valence-corrected chi connectivity index (χ3v) is 4.80. The summed E-state index contributed by atoms with van der Waals surface area (Å²) in [6, 6.07) is 8.84. The predicted octanol–water partition coefficient (Wildman–Crippen LogP) is 1.23. The van der Waals surface area contributed by atoms with Crippen LogP contribution < -0.4 is 0 Å². The van der Waals surface area contributed by atoms with Gasteiger partial charge >= 0.3 is 0 Å². The van der Waals surface area contributed by atoms with Crippen molar-refractivity contribution < 1.29 is 24.3 Å². The number of hydrogen-bond donors (Lipinski definition) is 2. The zero-order valence-electron chi connectivity index (χ0n) is 11.3. The van der Waals surface area contributed by atoms with Gasteiger partial charge in [-0.15, -0.1) is 0 Å². The van der Waals surface area contributed by atoms with Gasteiger partial charge in [0.2, 0.25) is 0 Å². The molecule has 0 amide bonds. The maximum Gasteiger partial charge on any atom is 0.276 e. The molecule has 1 aromatic rings. The van der Waals surface area contributed by atoms with Gasteiger partial charge in [0.1, 0.15) is 18.2 Å². The summed E-state index contributed by atoms with van der Waals surface area (Å²) < 4.78 is 18.3. The van der Waals surface area contributed by atoms with Crippen LogP contribution in [0.2, 0.25) is 0 Å². The third-order valence-electron chi connectivity index (χ3n) is 3.66. The van der Waals surface area contributed by atoms with E-state index in [-0.39, 0.29) is 0 Å². The molecule has 0 radical (unpaired) electrons. The fourth-order valence-electron chi connectivity index (χ4n) is 2.21. The van der Waals surface area contributed by atoms with Crippen LogP contribution in [-0.2, 0) is 4.74 Å². The molecule has 0 aromatic heterocycles. The normalized spacial score (nSPS) is 36.4. The topological polar surface area (TPSA) is 92.8 Å². The molecule has 2 rings (SSSR count). The van der Waals surface area contributed by atoms with E-state index in [0.29, 0.717) is 0 Å². The van der Waals surface area contributed by atoms with Crippen LogP contribution >= 0.6 is 11.8 Å². The molecule has 0 unspecified atom stereocenters. The molecule has 0 saturated carbocycles. The highest BCUT2D eigenvalue weighted by Crippen LogP contribution is 2.39. The fraction of sp³-hybridized carbons (Fsp3) is 0.538. The van der Waals surface area contributed by atoms with E-state index >= 15 is 0 Å². The van der Waals surface area contributed by atoms with Crippen molar-refractivity contribution in [3.8, 4) is 0 Å². The molecule has 1 aromatic carbocycles. The van der Waals surface area contributed by atoms with Crippen LogP contribution in [-0.4, -0.2) is 51.1 Å². The predicted molar refractivity (Wildman–Crippen MR) is 74.3 cm³/mol. The minimum Gasteiger partial charge on any atom is -0.383 e. The summed E-state index contributed by atoms with van der Waals surface area (Å²) in [7, 11) is 0. The van der Waals surface area contributed by atoms with Crippen molar-refractivity contribution in [2.45, 2.75) is 41.1 Å². The second-order valence-electron chi connectivity index (χ2n) is 5.00. The molecule has 0 spiro atoms. The first-order chi connectivity index (χ1) is 9.91. The molecule has 0 bridgehead atoms. The van der Waals surface area contributed by atoms with Gasteiger partial charge in [0, 0.05) is 16.7 Å². The molecule has 21 heavy (non-hydrogen) atoms. The van der Waals surface area contributed by atoms with Gasteiger partial charge in [0.15, 0.2) is 12.2 Å². The Bertz CT molecular complexity index is 505. The van der Waals surface area contributed by atoms with Gasteiger partial charge < -0.3 is 14.9 Å². The summed E-state index contributed by atoms with van der Waals surface area (Å²) in [4.78, 5) is 11.2. The van der Waals surface area contributed by atoms with Crippen molar-refractivity contribution >= 4 is 11.8 Å². The number of aliphatic hydroxyl groups is 2. The van der Waals surface area contributed by atoms with E-state index in [1.807, 2.05) is 0 Å². The SMILES string of the molecule is C[C@@]1([N+](=O)[O-])[C@H](O)[C@@H](Sc2ccccc2)O[C@@H](CF)[C@@H]1O. The molecular weight excluding hydrogens is 301 g/mol. The van der Waals surface area contributed by atoms with Crippen LogP contribution in [0.1, 0.15) is 6.92 Å². The highest BCUT2D eigenvalue weighted by Gasteiger charge is 2.62. The summed E-state index contributed by atoms with van der Waals surface area (Å²) in [6.45, 7) is 0.0369. The van der Waals surface area contributed by atoms with Crippen LogP contribution in [0, 0.1) is 10.1 Å². The minimum atomic E-state index is -2.08. The number of benzene rings is 1. The molecule has 1 aliphatic heterocycles. The molecule has 5 atom stereocenters. The lowest BCUT2D eigenvalue weighted by Gasteiger charge is -2.42. The van der Waals surface area contributed by atoms with Crippen LogP contribution in [0.3, 0.4) is 0 Å². The molecule has 116 valence electrons. The molecule has 1 fully saturated rings. The Kier molecular flexibility index (Phi) is 4.82. The molecule has 1 aliphatic rings. The Morgan fingerprint density at radius 1 is 1.38 bits per heavy atom. The monoisotopic (exact) mass is 317 g/mol. The number of nitro groups is 1. The van der Waals surface area contributed by atoms with Gasteiger partial charge in [0.25, 0.3) is 5.54 Å². The largest absolute Gasteiger partial charge is 0.383 e. The Morgan fingerprint density at radius 2 is 2.00 bits per heavy atom. The number of alkyl halides is 1. The van der Waals surface area contributed by atoms with Crippen molar-refractivity contribution in [3.05, 3.63) is 40.4 Å². The number of nitrogens with zero attached hydrogens (tertiary/aromatic N) is 1. The average Bonchev–Trinajstić information content (AvgIpc) is 2.48. The van der Waals surface area contributed by atoms with Crippen LogP contribution in [0.5, 0.6) is 0 Å². The summed E-state index contributed by atoms with van der Waals surface area (Å²) in [6.07, 6.45) is -4.64. The number of halogens is 1. The molecule has 0 aliphatic carbocycles. The van der Waals surface area contributed by atoms with Crippen molar-refractivity contribution in [1.82, 2.24) is 0 Å². The quantitative estimate of drug-likeness (QED) is 0.641. The maximum atomic E-state index is 13.0. The number of ether oxygens (including phenoxy) is 1. The van der Waals surface area contributed by atoms with E-state index in [0.717, 1.165) is 23.6 Å². The molecule has 1 saturated heterocycles.